The van der Waals surface area contributed by atoms with Gasteiger partial charge in [0.25, 0.3) is 0 Å². The number of hydrogen-bond acceptors (Lipinski definition) is 2. The maximum absolute atomic E-state index is 13.4. The second-order valence-electron chi connectivity index (χ2n) is 3.52. The predicted octanol–water partition coefficient (Wildman–Crippen LogP) is 2.51. The Morgan fingerprint density at radius 1 is 1.56 bits per heavy atom. The first kappa shape index (κ1) is 12.5. The van der Waals surface area contributed by atoms with Gasteiger partial charge in [0.05, 0.1) is 7.11 Å². The molecule has 0 radical (unpaired) electrons. The van der Waals surface area contributed by atoms with Crippen molar-refractivity contribution in [2.45, 2.75) is 19.4 Å². The summed E-state index contributed by atoms with van der Waals surface area (Å²) >= 11 is 0. The Bertz CT molecular complexity index is 384. The van der Waals surface area contributed by atoms with E-state index in [1.807, 2.05) is 13.0 Å². The predicted molar refractivity (Wildman–Crippen MR) is 62.8 cm³/mol. The molecule has 1 unspecified atom stereocenters. The van der Waals surface area contributed by atoms with Crippen LogP contribution in [0.2, 0.25) is 0 Å². The SMILES string of the molecule is C#CCCNC(C)c1ccc(OC)c(F)c1. The summed E-state index contributed by atoms with van der Waals surface area (Å²) in [4.78, 5) is 0. The second kappa shape index (κ2) is 6.14. The summed E-state index contributed by atoms with van der Waals surface area (Å²) in [5.41, 5.74) is 0.885. The van der Waals surface area contributed by atoms with Crippen molar-refractivity contribution in [2.24, 2.45) is 0 Å². The fourth-order valence-corrected chi connectivity index (χ4v) is 1.43. The zero-order valence-corrected chi connectivity index (χ0v) is 9.59. The molecule has 0 aliphatic heterocycles. The van der Waals surface area contributed by atoms with Crippen molar-refractivity contribution in [3.05, 3.63) is 29.6 Å². The first-order valence-corrected chi connectivity index (χ1v) is 5.19. The standard InChI is InChI=1S/C13H16FNO/c1-4-5-8-15-10(2)11-6-7-13(16-3)12(14)9-11/h1,6-7,9-10,15H,5,8H2,2-3H3. The average molecular weight is 221 g/mol. The Balaban J connectivity index is 2.66. The fraction of sp³-hybridized carbons (Fsp3) is 0.385. The van der Waals surface area contributed by atoms with E-state index in [-0.39, 0.29) is 17.6 Å². The van der Waals surface area contributed by atoms with Gasteiger partial charge in [-0.15, -0.1) is 12.3 Å². The highest BCUT2D eigenvalue weighted by Crippen LogP contribution is 2.21. The van der Waals surface area contributed by atoms with Crippen molar-refractivity contribution in [3.8, 4) is 18.1 Å². The zero-order chi connectivity index (χ0) is 12.0. The number of ether oxygens (including phenoxy) is 1. The van der Waals surface area contributed by atoms with E-state index in [2.05, 4.69) is 11.2 Å². The van der Waals surface area contributed by atoms with Crippen LogP contribution >= 0.6 is 0 Å². The topological polar surface area (TPSA) is 21.3 Å². The van der Waals surface area contributed by atoms with Crippen molar-refractivity contribution < 1.29 is 9.13 Å². The Kier molecular flexibility index (Phi) is 4.81. The molecule has 1 aromatic carbocycles. The Morgan fingerprint density at radius 3 is 2.88 bits per heavy atom. The number of rotatable bonds is 5. The van der Waals surface area contributed by atoms with Crippen LogP contribution in [-0.2, 0) is 0 Å². The van der Waals surface area contributed by atoms with Gasteiger partial charge in [-0.3, -0.25) is 0 Å². The maximum Gasteiger partial charge on any atom is 0.165 e. The van der Waals surface area contributed by atoms with Crippen molar-refractivity contribution >= 4 is 0 Å². The lowest BCUT2D eigenvalue weighted by molar-refractivity contribution is 0.385. The molecular weight excluding hydrogens is 205 g/mol. The molecule has 0 aliphatic carbocycles. The van der Waals surface area contributed by atoms with E-state index < -0.39 is 0 Å². The van der Waals surface area contributed by atoms with Gasteiger partial charge in [-0.25, -0.2) is 4.39 Å². The van der Waals surface area contributed by atoms with Crippen LogP contribution in [0, 0.1) is 18.2 Å². The van der Waals surface area contributed by atoms with Crippen LogP contribution in [0.4, 0.5) is 4.39 Å². The Labute approximate surface area is 95.8 Å². The molecule has 1 aromatic rings. The molecule has 16 heavy (non-hydrogen) atoms. The number of methoxy groups -OCH3 is 1. The van der Waals surface area contributed by atoms with Crippen molar-refractivity contribution in [1.29, 1.82) is 0 Å². The van der Waals surface area contributed by atoms with E-state index in [1.165, 1.54) is 13.2 Å². The molecule has 0 bridgehead atoms. The highest BCUT2D eigenvalue weighted by atomic mass is 19.1. The maximum atomic E-state index is 13.4. The quantitative estimate of drug-likeness (QED) is 0.609. The van der Waals surface area contributed by atoms with Crippen LogP contribution in [0.5, 0.6) is 5.75 Å². The summed E-state index contributed by atoms with van der Waals surface area (Å²) in [5.74, 6) is 2.47. The van der Waals surface area contributed by atoms with Gasteiger partial charge in [0.2, 0.25) is 0 Å². The molecular formula is C13H16FNO. The lowest BCUT2D eigenvalue weighted by Gasteiger charge is -2.14. The highest BCUT2D eigenvalue weighted by molar-refractivity contribution is 5.30. The zero-order valence-electron chi connectivity index (χ0n) is 9.59. The molecule has 1 rings (SSSR count). The molecule has 0 amide bonds. The number of halogens is 1. The lowest BCUT2D eigenvalue weighted by Crippen LogP contribution is -2.19. The van der Waals surface area contributed by atoms with Gasteiger partial charge >= 0.3 is 0 Å². The van der Waals surface area contributed by atoms with Gasteiger partial charge in [0.15, 0.2) is 11.6 Å². The molecule has 86 valence electrons. The Morgan fingerprint density at radius 2 is 2.31 bits per heavy atom. The third kappa shape index (κ3) is 3.25. The molecule has 2 nitrogen and oxygen atoms in total. The summed E-state index contributed by atoms with van der Waals surface area (Å²) in [5, 5.41) is 3.21. The van der Waals surface area contributed by atoms with Crippen LogP contribution in [0.25, 0.3) is 0 Å². The van der Waals surface area contributed by atoms with Crippen molar-refractivity contribution in [1.82, 2.24) is 5.32 Å². The number of benzene rings is 1. The number of hydrogen-bond donors (Lipinski definition) is 1. The molecule has 0 aromatic heterocycles. The fourth-order valence-electron chi connectivity index (χ4n) is 1.43. The molecule has 0 aliphatic rings. The van der Waals surface area contributed by atoms with Crippen molar-refractivity contribution in [2.75, 3.05) is 13.7 Å². The normalized spacial score (nSPS) is 11.9. The minimum atomic E-state index is -0.342. The van der Waals surface area contributed by atoms with Crippen LogP contribution in [0.15, 0.2) is 18.2 Å². The van der Waals surface area contributed by atoms with Crippen LogP contribution in [0.1, 0.15) is 24.9 Å². The molecule has 1 atom stereocenters. The van der Waals surface area contributed by atoms with Gasteiger partial charge < -0.3 is 10.1 Å². The molecule has 1 N–H and O–H groups in total. The van der Waals surface area contributed by atoms with E-state index in [9.17, 15) is 4.39 Å². The molecule has 3 heteroatoms. The van der Waals surface area contributed by atoms with E-state index in [0.717, 1.165) is 12.1 Å². The van der Waals surface area contributed by atoms with E-state index in [1.54, 1.807) is 6.07 Å². The van der Waals surface area contributed by atoms with E-state index in [0.29, 0.717) is 6.42 Å². The summed E-state index contributed by atoms with van der Waals surface area (Å²) in [6.45, 7) is 2.70. The van der Waals surface area contributed by atoms with Gasteiger partial charge in [-0.2, -0.15) is 0 Å². The smallest absolute Gasteiger partial charge is 0.165 e. The van der Waals surface area contributed by atoms with Crippen LogP contribution in [-0.4, -0.2) is 13.7 Å². The average Bonchev–Trinajstić information content (AvgIpc) is 2.29. The summed E-state index contributed by atoms with van der Waals surface area (Å²) < 4.78 is 18.3. The van der Waals surface area contributed by atoms with E-state index in [4.69, 9.17) is 11.2 Å². The summed E-state index contributed by atoms with van der Waals surface area (Å²) in [7, 11) is 1.45. The Hall–Kier alpha value is -1.53. The monoisotopic (exact) mass is 221 g/mol. The third-order valence-electron chi connectivity index (χ3n) is 2.40. The van der Waals surface area contributed by atoms with Gasteiger partial charge in [-0.05, 0) is 24.6 Å². The third-order valence-corrected chi connectivity index (χ3v) is 2.40. The van der Waals surface area contributed by atoms with Gasteiger partial charge in [0, 0.05) is 19.0 Å². The summed E-state index contributed by atoms with van der Waals surface area (Å²) in [6, 6.07) is 5.03. The molecule has 0 heterocycles. The first-order chi connectivity index (χ1) is 7.69. The lowest BCUT2D eigenvalue weighted by atomic mass is 10.1. The highest BCUT2D eigenvalue weighted by Gasteiger charge is 2.08. The van der Waals surface area contributed by atoms with Crippen LogP contribution in [0.3, 0.4) is 0 Å². The molecule has 0 saturated carbocycles. The molecule has 0 saturated heterocycles. The van der Waals surface area contributed by atoms with E-state index >= 15 is 0 Å². The minimum absolute atomic E-state index is 0.0776. The minimum Gasteiger partial charge on any atom is -0.494 e. The summed E-state index contributed by atoms with van der Waals surface area (Å²) in [6.07, 6.45) is 5.82. The number of nitrogens with one attached hydrogen (secondary N) is 1. The second-order valence-corrected chi connectivity index (χ2v) is 3.52. The van der Waals surface area contributed by atoms with Crippen molar-refractivity contribution in [3.63, 3.8) is 0 Å². The first-order valence-electron chi connectivity index (χ1n) is 5.19. The number of terminal acetylenes is 1. The molecule has 0 spiro atoms. The molecule has 0 fully saturated rings. The van der Waals surface area contributed by atoms with Crippen LogP contribution < -0.4 is 10.1 Å². The largest absolute Gasteiger partial charge is 0.494 e. The van der Waals surface area contributed by atoms with Gasteiger partial charge in [-0.1, -0.05) is 6.07 Å². The van der Waals surface area contributed by atoms with Gasteiger partial charge in [0.1, 0.15) is 0 Å².